The number of nitrogens with zero attached hydrogens (tertiary/aromatic N) is 2. The number of carbonyl (C=O) groups excluding carboxylic acids is 1. The summed E-state index contributed by atoms with van der Waals surface area (Å²) in [5, 5.41) is 3.15. The van der Waals surface area contributed by atoms with Crippen LogP contribution in [0.5, 0.6) is 0 Å². The van der Waals surface area contributed by atoms with E-state index in [1.807, 2.05) is 38.7 Å². The van der Waals surface area contributed by atoms with Crippen LogP contribution in [-0.4, -0.2) is 48.6 Å². The van der Waals surface area contributed by atoms with E-state index in [0.717, 1.165) is 18.1 Å². The van der Waals surface area contributed by atoms with E-state index in [1.165, 1.54) is 0 Å². The average Bonchev–Trinajstić information content (AvgIpc) is 2.39. The maximum atomic E-state index is 12.6. The molecule has 1 aromatic heterocycles. The molecule has 1 rings (SSSR count). The molecule has 5 heteroatoms. The first-order chi connectivity index (χ1) is 9.53. The largest absolute Gasteiger partial charge is 0.383 e. The highest BCUT2D eigenvalue weighted by Crippen LogP contribution is 2.14. The van der Waals surface area contributed by atoms with Gasteiger partial charge in [0.2, 0.25) is 0 Å². The van der Waals surface area contributed by atoms with Crippen molar-refractivity contribution in [1.82, 2.24) is 9.88 Å². The summed E-state index contributed by atoms with van der Waals surface area (Å²) in [5.41, 5.74) is 1.50. The van der Waals surface area contributed by atoms with E-state index in [9.17, 15) is 4.79 Å². The molecule has 0 aliphatic rings. The number of hydrogen-bond donors (Lipinski definition) is 1. The number of aryl methyl sites for hydroxylation is 1. The molecule has 112 valence electrons. The van der Waals surface area contributed by atoms with Crippen molar-refractivity contribution >= 4 is 11.7 Å². The van der Waals surface area contributed by atoms with E-state index in [0.29, 0.717) is 18.7 Å². The molecule has 0 aliphatic heterocycles. The Balaban J connectivity index is 2.99. The van der Waals surface area contributed by atoms with Gasteiger partial charge in [0.25, 0.3) is 5.91 Å². The van der Waals surface area contributed by atoms with Crippen LogP contribution in [0.25, 0.3) is 0 Å². The summed E-state index contributed by atoms with van der Waals surface area (Å²) in [4.78, 5) is 18.8. The van der Waals surface area contributed by atoms with Crippen LogP contribution in [0.4, 0.5) is 5.82 Å². The fourth-order valence-corrected chi connectivity index (χ4v) is 2.22. The number of hydrogen-bond acceptors (Lipinski definition) is 4. The van der Waals surface area contributed by atoms with Crippen molar-refractivity contribution in [2.45, 2.75) is 33.7 Å². The van der Waals surface area contributed by atoms with Crippen LogP contribution in [0.3, 0.4) is 0 Å². The van der Waals surface area contributed by atoms with Gasteiger partial charge >= 0.3 is 0 Å². The van der Waals surface area contributed by atoms with E-state index in [2.05, 4.69) is 10.3 Å². The fourth-order valence-electron chi connectivity index (χ4n) is 2.22. The van der Waals surface area contributed by atoms with Gasteiger partial charge in [-0.15, -0.1) is 0 Å². The number of amides is 1. The summed E-state index contributed by atoms with van der Waals surface area (Å²) in [7, 11) is 1.65. The van der Waals surface area contributed by atoms with Gasteiger partial charge in [0, 0.05) is 31.5 Å². The van der Waals surface area contributed by atoms with Crippen LogP contribution >= 0.6 is 0 Å². The smallest absolute Gasteiger partial charge is 0.254 e. The molecule has 1 amide bonds. The predicted octanol–water partition coefficient (Wildman–Crippen LogP) is 2.32. The van der Waals surface area contributed by atoms with Crippen LogP contribution < -0.4 is 5.32 Å². The standard InChI is InChI=1S/C15H25N3O2/c1-6-16-14-9-13(8-11(3)17-14)15(19)18(7-2)12(4)10-20-5/h8-9,12H,6-7,10H2,1-5H3,(H,16,17). The molecule has 1 heterocycles. The Morgan fingerprint density at radius 1 is 1.45 bits per heavy atom. The first-order valence-electron chi connectivity index (χ1n) is 7.05. The molecule has 0 saturated carbocycles. The number of carbonyl (C=O) groups is 1. The van der Waals surface area contributed by atoms with Crippen molar-refractivity contribution < 1.29 is 9.53 Å². The summed E-state index contributed by atoms with van der Waals surface area (Å²) in [6.45, 7) is 9.83. The van der Waals surface area contributed by atoms with Gasteiger partial charge in [-0.2, -0.15) is 0 Å². The lowest BCUT2D eigenvalue weighted by Gasteiger charge is -2.27. The molecule has 20 heavy (non-hydrogen) atoms. The van der Waals surface area contributed by atoms with Gasteiger partial charge in [0.05, 0.1) is 12.6 Å². The minimum absolute atomic E-state index is 0.0155. The van der Waals surface area contributed by atoms with Crippen LogP contribution in [0.2, 0.25) is 0 Å². The van der Waals surface area contributed by atoms with Gasteiger partial charge in [-0.3, -0.25) is 4.79 Å². The Bertz CT molecular complexity index is 449. The van der Waals surface area contributed by atoms with E-state index >= 15 is 0 Å². The number of likely N-dealkylation sites (N-methyl/N-ethyl adjacent to an activating group) is 1. The molecule has 0 aliphatic carbocycles. The van der Waals surface area contributed by atoms with E-state index in [4.69, 9.17) is 4.74 Å². The SMILES string of the molecule is CCNc1cc(C(=O)N(CC)C(C)COC)cc(C)n1. The second kappa shape index (κ2) is 7.85. The van der Waals surface area contributed by atoms with Crippen molar-refractivity contribution in [3.8, 4) is 0 Å². The van der Waals surface area contributed by atoms with Crippen molar-refractivity contribution in [2.24, 2.45) is 0 Å². The molecule has 0 aromatic carbocycles. The molecule has 1 atom stereocenters. The van der Waals surface area contributed by atoms with E-state index in [1.54, 1.807) is 13.2 Å². The molecule has 1 N–H and O–H groups in total. The Kier molecular flexibility index (Phi) is 6.45. The van der Waals surface area contributed by atoms with Gasteiger partial charge in [-0.05, 0) is 39.8 Å². The Hall–Kier alpha value is -1.62. The first kappa shape index (κ1) is 16.4. The van der Waals surface area contributed by atoms with Crippen LogP contribution in [0.15, 0.2) is 12.1 Å². The maximum absolute atomic E-state index is 12.6. The minimum Gasteiger partial charge on any atom is -0.383 e. The average molecular weight is 279 g/mol. The Labute approximate surface area is 121 Å². The van der Waals surface area contributed by atoms with Gasteiger partial charge in [-0.1, -0.05) is 0 Å². The zero-order valence-corrected chi connectivity index (χ0v) is 13.1. The van der Waals surface area contributed by atoms with E-state index in [-0.39, 0.29) is 11.9 Å². The topological polar surface area (TPSA) is 54.5 Å². The van der Waals surface area contributed by atoms with Gasteiger partial charge in [-0.25, -0.2) is 4.98 Å². The lowest BCUT2D eigenvalue weighted by atomic mass is 10.1. The minimum atomic E-state index is 0.0155. The third-order valence-corrected chi connectivity index (χ3v) is 3.10. The lowest BCUT2D eigenvalue weighted by Crippen LogP contribution is -2.41. The second-order valence-corrected chi connectivity index (χ2v) is 4.81. The number of anilines is 1. The number of ether oxygens (including phenoxy) is 1. The van der Waals surface area contributed by atoms with Crippen LogP contribution in [0.1, 0.15) is 36.8 Å². The second-order valence-electron chi connectivity index (χ2n) is 4.81. The highest BCUT2D eigenvalue weighted by atomic mass is 16.5. The predicted molar refractivity (Wildman–Crippen MR) is 81.2 cm³/mol. The molecule has 1 aromatic rings. The maximum Gasteiger partial charge on any atom is 0.254 e. The van der Waals surface area contributed by atoms with Crippen LogP contribution in [-0.2, 0) is 4.74 Å². The van der Waals surface area contributed by atoms with Gasteiger partial charge in [0.1, 0.15) is 5.82 Å². The number of rotatable bonds is 7. The summed E-state index contributed by atoms with van der Waals surface area (Å²) in [6.07, 6.45) is 0. The van der Waals surface area contributed by atoms with Crippen LogP contribution in [0, 0.1) is 6.92 Å². The monoisotopic (exact) mass is 279 g/mol. The highest BCUT2D eigenvalue weighted by Gasteiger charge is 2.20. The van der Waals surface area contributed by atoms with Gasteiger partial charge in [0.15, 0.2) is 0 Å². The number of aromatic nitrogens is 1. The normalized spacial score (nSPS) is 12.1. The molecule has 1 unspecified atom stereocenters. The summed E-state index contributed by atoms with van der Waals surface area (Å²) < 4.78 is 5.14. The number of pyridine rings is 1. The molecular weight excluding hydrogens is 254 g/mol. The number of nitrogens with one attached hydrogen (secondary N) is 1. The summed E-state index contributed by atoms with van der Waals surface area (Å²) >= 11 is 0. The fraction of sp³-hybridized carbons (Fsp3) is 0.600. The third-order valence-electron chi connectivity index (χ3n) is 3.10. The first-order valence-corrected chi connectivity index (χ1v) is 7.05. The lowest BCUT2D eigenvalue weighted by molar-refractivity contribution is 0.0579. The summed E-state index contributed by atoms with van der Waals surface area (Å²) in [6, 6.07) is 3.68. The summed E-state index contributed by atoms with van der Waals surface area (Å²) in [5.74, 6) is 0.757. The van der Waals surface area contributed by atoms with Crippen molar-refractivity contribution in [2.75, 3.05) is 32.1 Å². The highest BCUT2D eigenvalue weighted by molar-refractivity contribution is 5.95. The Morgan fingerprint density at radius 2 is 2.15 bits per heavy atom. The molecular formula is C15H25N3O2. The molecule has 0 radical (unpaired) electrons. The molecule has 5 nitrogen and oxygen atoms in total. The molecule has 0 bridgehead atoms. The van der Waals surface area contributed by atoms with Crippen molar-refractivity contribution in [1.29, 1.82) is 0 Å². The quantitative estimate of drug-likeness (QED) is 0.832. The Morgan fingerprint density at radius 3 is 2.70 bits per heavy atom. The molecule has 0 spiro atoms. The third kappa shape index (κ3) is 4.20. The zero-order chi connectivity index (χ0) is 15.1. The van der Waals surface area contributed by atoms with Gasteiger partial charge < -0.3 is 15.0 Å². The number of methoxy groups -OCH3 is 1. The molecule has 0 fully saturated rings. The van der Waals surface area contributed by atoms with Crippen molar-refractivity contribution in [3.05, 3.63) is 23.4 Å². The molecule has 0 saturated heterocycles. The van der Waals surface area contributed by atoms with Crippen molar-refractivity contribution in [3.63, 3.8) is 0 Å². The zero-order valence-electron chi connectivity index (χ0n) is 13.1. The van der Waals surface area contributed by atoms with E-state index < -0.39 is 0 Å².